The third kappa shape index (κ3) is 36.4. The highest BCUT2D eigenvalue weighted by Gasteiger charge is 2.02. The Morgan fingerprint density at radius 3 is 1.17 bits per heavy atom. The lowest BCUT2D eigenvalue weighted by molar-refractivity contribution is -0.139. The van der Waals surface area contributed by atoms with E-state index in [4.69, 9.17) is 9.84 Å². The SMILES string of the molecule is C=C(C)C(=O)OCCCCCCCCCCCC.CCCCCCCCCCCCCCCCCCC=C(C)C(=O)O. The minimum absolute atomic E-state index is 0.258. The maximum atomic E-state index is 11.1. The fraction of sp³-hybridized carbons (Fsp3) is 0.842. The molecule has 0 saturated carbocycles. The normalized spacial score (nSPS) is 11.2. The van der Waals surface area contributed by atoms with Gasteiger partial charge in [0.2, 0.25) is 0 Å². The van der Waals surface area contributed by atoms with E-state index in [9.17, 15) is 9.59 Å². The molecule has 0 aliphatic carbocycles. The van der Waals surface area contributed by atoms with Gasteiger partial charge in [-0.15, -0.1) is 0 Å². The van der Waals surface area contributed by atoms with Gasteiger partial charge in [-0.1, -0.05) is 181 Å². The average Bonchev–Trinajstić information content (AvgIpc) is 2.97. The number of hydrogen-bond donors (Lipinski definition) is 1. The average molecular weight is 593 g/mol. The van der Waals surface area contributed by atoms with Gasteiger partial charge in [0.05, 0.1) is 6.61 Å². The fourth-order valence-corrected chi connectivity index (χ4v) is 4.98. The molecule has 0 aliphatic rings. The molecular weight excluding hydrogens is 520 g/mol. The lowest BCUT2D eigenvalue weighted by atomic mass is 10.0. The largest absolute Gasteiger partial charge is 0.478 e. The first-order valence-corrected chi connectivity index (χ1v) is 18.1. The van der Waals surface area contributed by atoms with Crippen LogP contribution in [0.1, 0.15) is 201 Å². The Balaban J connectivity index is 0. The number of hydrogen-bond acceptors (Lipinski definition) is 3. The molecule has 248 valence electrons. The second-order valence-corrected chi connectivity index (χ2v) is 12.4. The zero-order valence-corrected chi connectivity index (χ0v) is 28.8. The predicted octanol–water partition coefficient (Wildman–Crippen LogP) is 12.7. The zero-order valence-electron chi connectivity index (χ0n) is 28.8. The highest BCUT2D eigenvalue weighted by atomic mass is 16.5. The summed E-state index contributed by atoms with van der Waals surface area (Å²) in [5, 5.41) is 8.75. The molecule has 0 fully saturated rings. The summed E-state index contributed by atoms with van der Waals surface area (Å²) >= 11 is 0. The lowest BCUT2D eigenvalue weighted by Crippen LogP contribution is -2.05. The molecule has 0 unspecified atom stereocenters. The highest BCUT2D eigenvalue weighted by molar-refractivity contribution is 5.86. The second kappa shape index (κ2) is 35.6. The summed E-state index contributed by atoms with van der Waals surface area (Å²) in [5.41, 5.74) is 0.970. The predicted molar refractivity (Wildman–Crippen MR) is 183 cm³/mol. The molecule has 0 spiro atoms. The van der Waals surface area contributed by atoms with Crippen LogP contribution < -0.4 is 0 Å². The van der Waals surface area contributed by atoms with Crippen LogP contribution in [0, 0.1) is 0 Å². The number of esters is 1. The van der Waals surface area contributed by atoms with Gasteiger partial charge in [0.15, 0.2) is 0 Å². The van der Waals surface area contributed by atoms with Crippen LogP contribution >= 0.6 is 0 Å². The van der Waals surface area contributed by atoms with Crippen molar-refractivity contribution < 1.29 is 19.4 Å². The third-order valence-electron chi connectivity index (χ3n) is 7.93. The molecule has 4 nitrogen and oxygen atoms in total. The smallest absolute Gasteiger partial charge is 0.333 e. The van der Waals surface area contributed by atoms with Crippen LogP contribution in [0.2, 0.25) is 0 Å². The van der Waals surface area contributed by atoms with Gasteiger partial charge in [-0.2, -0.15) is 0 Å². The van der Waals surface area contributed by atoms with Crippen LogP contribution in [0.5, 0.6) is 0 Å². The molecule has 0 heterocycles. The van der Waals surface area contributed by atoms with Crippen LogP contribution in [0.3, 0.4) is 0 Å². The summed E-state index contributed by atoms with van der Waals surface area (Å²) in [5.74, 6) is -1.04. The Labute approximate surface area is 262 Å². The number of unbranched alkanes of at least 4 members (excludes halogenated alkanes) is 25. The van der Waals surface area contributed by atoms with Crippen molar-refractivity contribution >= 4 is 11.9 Å². The quantitative estimate of drug-likeness (QED) is 0.0512. The highest BCUT2D eigenvalue weighted by Crippen LogP contribution is 2.14. The third-order valence-corrected chi connectivity index (χ3v) is 7.93. The van der Waals surface area contributed by atoms with E-state index in [-0.39, 0.29) is 5.97 Å². The maximum absolute atomic E-state index is 11.1. The molecule has 0 rings (SSSR count). The first-order chi connectivity index (χ1) is 20.4. The Morgan fingerprint density at radius 2 is 0.857 bits per heavy atom. The van der Waals surface area contributed by atoms with E-state index in [1.807, 2.05) is 6.08 Å². The van der Waals surface area contributed by atoms with E-state index >= 15 is 0 Å². The summed E-state index contributed by atoms with van der Waals surface area (Å²) in [7, 11) is 0. The van der Waals surface area contributed by atoms with Crippen molar-refractivity contribution in [1.29, 1.82) is 0 Å². The van der Waals surface area contributed by atoms with Gasteiger partial charge in [0.1, 0.15) is 0 Å². The zero-order chi connectivity index (χ0) is 31.5. The summed E-state index contributed by atoms with van der Waals surface area (Å²) in [6.07, 6.45) is 37.8. The van der Waals surface area contributed by atoms with Gasteiger partial charge in [-0.25, -0.2) is 9.59 Å². The Hall–Kier alpha value is -1.58. The molecular formula is C38H72O4. The van der Waals surface area contributed by atoms with Crippen LogP contribution in [0.25, 0.3) is 0 Å². The van der Waals surface area contributed by atoms with Crippen molar-refractivity contribution in [3.63, 3.8) is 0 Å². The number of carboxylic acids is 1. The van der Waals surface area contributed by atoms with Crippen molar-refractivity contribution in [2.24, 2.45) is 0 Å². The first-order valence-electron chi connectivity index (χ1n) is 18.1. The first kappa shape index (κ1) is 42.6. The summed E-state index contributed by atoms with van der Waals surface area (Å²) < 4.78 is 5.04. The van der Waals surface area contributed by atoms with E-state index in [2.05, 4.69) is 20.4 Å². The molecule has 1 N–H and O–H groups in total. The summed E-state index contributed by atoms with van der Waals surface area (Å²) in [4.78, 5) is 21.7. The van der Waals surface area contributed by atoms with Crippen LogP contribution in [0.15, 0.2) is 23.8 Å². The Morgan fingerprint density at radius 1 is 0.548 bits per heavy atom. The molecule has 0 amide bonds. The lowest BCUT2D eigenvalue weighted by Gasteiger charge is -2.04. The number of carboxylic acid groups (broad SMARTS) is 1. The molecule has 0 radical (unpaired) electrons. The summed E-state index contributed by atoms with van der Waals surface area (Å²) in [6, 6.07) is 0. The minimum atomic E-state index is -0.786. The summed E-state index contributed by atoms with van der Waals surface area (Å²) in [6.45, 7) is 12.0. The molecule has 0 atom stereocenters. The van der Waals surface area contributed by atoms with E-state index in [0.29, 0.717) is 17.8 Å². The Bertz CT molecular complexity index is 637. The standard InChI is InChI=1S/C22H42O2.C16H30O2/c1-3-4-5-6-7-8-9-10-11-12-13-14-15-16-17-18-19-20-21(2)22(23)24;1-4-5-6-7-8-9-10-11-12-13-14-18-16(17)15(2)3/h20H,3-19H2,1-2H3,(H,23,24);2,4-14H2,1,3H3. The van der Waals surface area contributed by atoms with Crippen molar-refractivity contribution in [3.05, 3.63) is 23.8 Å². The van der Waals surface area contributed by atoms with E-state index in [1.165, 1.54) is 154 Å². The van der Waals surface area contributed by atoms with Crippen molar-refractivity contribution in [2.45, 2.75) is 201 Å². The Kier molecular flexibility index (Phi) is 36.1. The monoisotopic (exact) mass is 593 g/mol. The van der Waals surface area contributed by atoms with Crippen LogP contribution in [-0.2, 0) is 14.3 Å². The molecule has 0 aliphatic heterocycles. The second-order valence-electron chi connectivity index (χ2n) is 12.4. The van der Waals surface area contributed by atoms with Crippen molar-refractivity contribution in [3.8, 4) is 0 Å². The van der Waals surface area contributed by atoms with Gasteiger partial charge in [-0.3, -0.25) is 0 Å². The van der Waals surface area contributed by atoms with Crippen molar-refractivity contribution in [1.82, 2.24) is 0 Å². The molecule has 4 heteroatoms. The maximum Gasteiger partial charge on any atom is 0.333 e. The van der Waals surface area contributed by atoms with Crippen molar-refractivity contribution in [2.75, 3.05) is 6.61 Å². The van der Waals surface area contributed by atoms with Crippen LogP contribution in [0.4, 0.5) is 0 Å². The van der Waals surface area contributed by atoms with Gasteiger partial charge >= 0.3 is 11.9 Å². The van der Waals surface area contributed by atoms with Crippen LogP contribution in [-0.4, -0.2) is 23.7 Å². The number of rotatable bonds is 30. The molecule has 0 saturated heterocycles. The number of carbonyl (C=O) groups excluding carboxylic acids is 1. The van der Waals surface area contributed by atoms with Gasteiger partial charge in [0, 0.05) is 11.1 Å². The molecule has 0 aromatic carbocycles. The van der Waals surface area contributed by atoms with Gasteiger partial charge < -0.3 is 9.84 Å². The molecule has 0 aromatic heterocycles. The van der Waals surface area contributed by atoms with Gasteiger partial charge in [0.25, 0.3) is 0 Å². The van der Waals surface area contributed by atoms with E-state index < -0.39 is 5.97 Å². The number of carbonyl (C=O) groups is 2. The number of ether oxygens (including phenoxy) is 1. The molecule has 0 aromatic rings. The van der Waals surface area contributed by atoms with E-state index in [0.717, 1.165) is 19.3 Å². The molecule has 0 bridgehead atoms. The van der Waals surface area contributed by atoms with E-state index in [1.54, 1.807) is 13.8 Å². The topological polar surface area (TPSA) is 63.6 Å². The molecule has 42 heavy (non-hydrogen) atoms. The van der Waals surface area contributed by atoms with Gasteiger partial charge in [-0.05, 0) is 33.1 Å². The number of allylic oxidation sites excluding steroid dienone is 1. The number of aliphatic carboxylic acids is 1. The fourth-order valence-electron chi connectivity index (χ4n) is 4.98. The minimum Gasteiger partial charge on any atom is -0.478 e.